The van der Waals surface area contributed by atoms with Crippen molar-refractivity contribution < 1.29 is 13.9 Å². The molecule has 2 aliphatic rings. The molecule has 2 bridgehead atoms. The molecule has 198 valence electrons. The van der Waals surface area contributed by atoms with E-state index in [1.54, 1.807) is 12.1 Å². The minimum atomic E-state index is -0.255. The van der Waals surface area contributed by atoms with Crippen molar-refractivity contribution in [3.63, 3.8) is 0 Å². The molecule has 1 aromatic heterocycles. The Bertz CT molecular complexity index is 1580. The number of hydrogen-bond acceptors (Lipinski definition) is 5. The normalized spacial score (nSPS) is 16.6. The number of nitrogen functional groups attached to an aromatic ring is 1. The van der Waals surface area contributed by atoms with E-state index in [4.69, 9.17) is 10.5 Å². The van der Waals surface area contributed by atoms with Gasteiger partial charge >= 0.3 is 0 Å². The molecular formula is C32H31FN4O2. The largest absolute Gasteiger partial charge is 0.384 e. The van der Waals surface area contributed by atoms with Crippen LogP contribution in [0.15, 0.2) is 66.7 Å². The number of pyridine rings is 1. The molecule has 0 saturated heterocycles. The lowest BCUT2D eigenvalue weighted by molar-refractivity contribution is 0.0857. The Kier molecular flexibility index (Phi) is 6.31. The Hall–Kier alpha value is -4.23. The van der Waals surface area contributed by atoms with Crippen molar-refractivity contribution in [2.24, 2.45) is 0 Å². The molecule has 3 N–H and O–H groups in total. The van der Waals surface area contributed by atoms with Crippen LogP contribution in [0.3, 0.4) is 0 Å². The molecule has 0 aliphatic carbocycles. The predicted molar refractivity (Wildman–Crippen MR) is 151 cm³/mol. The van der Waals surface area contributed by atoms with E-state index in [1.807, 2.05) is 44.2 Å². The SMILES string of the molecule is CCCN(c1cccc(F)c1)c1ccc2c(c1)C1OC2c2ccc(C(=O)NCc3c(C)cc(N)nc3C)cc21. The average molecular weight is 523 g/mol. The summed E-state index contributed by atoms with van der Waals surface area (Å²) < 4.78 is 20.4. The minimum absolute atomic E-state index is 0.147. The minimum Gasteiger partial charge on any atom is -0.384 e. The average Bonchev–Trinajstić information content (AvgIpc) is 3.48. The van der Waals surface area contributed by atoms with Gasteiger partial charge in [0.15, 0.2) is 0 Å². The van der Waals surface area contributed by atoms with Crippen LogP contribution < -0.4 is 16.0 Å². The number of ether oxygens (including phenoxy) is 1. The summed E-state index contributed by atoms with van der Waals surface area (Å²) in [5.41, 5.74) is 15.4. The summed E-state index contributed by atoms with van der Waals surface area (Å²) in [7, 11) is 0. The lowest BCUT2D eigenvalue weighted by Crippen LogP contribution is -2.24. The van der Waals surface area contributed by atoms with Gasteiger partial charge in [-0.3, -0.25) is 4.79 Å². The standard InChI is InChI=1S/C32H31FN4O2/c1-4-12-37(22-7-5-6-21(33)15-22)23-9-11-25-27(16-23)31-26-14-20(8-10-24(26)30(25)39-31)32(38)35-17-28-18(2)13-29(34)36-19(28)3/h5-11,13-16,30-31H,4,12,17H2,1-3H3,(H2,34,36)(H,35,38). The highest BCUT2D eigenvalue weighted by molar-refractivity contribution is 5.94. The van der Waals surface area contributed by atoms with Gasteiger partial charge in [-0.1, -0.05) is 25.1 Å². The number of benzene rings is 3. The van der Waals surface area contributed by atoms with Gasteiger partial charge in [0.05, 0.1) is 0 Å². The zero-order valence-electron chi connectivity index (χ0n) is 22.3. The van der Waals surface area contributed by atoms with E-state index in [2.05, 4.69) is 40.3 Å². The van der Waals surface area contributed by atoms with E-state index in [-0.39, 0.29) is 23.9 Å². The monoisotopic (exact) mass is 522 g/mol. The number of anilines is 3. The number of fused-ring (bicyclic) bond motifs is 8. The van der Waals surface area contributed by atoms with Crippen molar-refractivity contribution in [2.75, 3.05) is 17.2 Å². The molecule has 0 spiro atoms. The third-order valence-corrected chi connectivity index (χ3v) is 7.70. The Balaban J connectivity index is 1.26. The maximum absolute atomic E-state index is 14.0. The van der Waals surface area contributed by atoms with Crippen LogP contribution in [-0.2, 0) is 11.3 Å². The number of aromatic nitrogens is 1. The van der Waals surface area contributed by atoms with Crippen LogP contribution in [0.1, 0.15) is 75.0 Å². The smallest absolute Gasteiger partial charge is 0.251 e. The number of rotatable bonds is 7. The first-order valence-electron chi connectivity index (χ1n) is 13.3. The van der Waals surface area contributed by atoms with Gasteiger partial charge in [0.2, 0.25) is 0 Å². The van der Waals surface area contributed by atoms with Crippen molar-refractivity contribution >= 4 is 23.1 Å². The van der Waals surface area contributed by atoms with E-state index >= 15 is 0 Å². The molecule has 0 fully saturated rings. The molecule has 4 aromatic rings. The van der Waals surface area contributed by atoms with Crippen LogP contribution in [0.5, 0.6) is 0 Å². The van der Waals surface area contributed by atoms with Crippen LogP contribution in [0.2, 0.25) is 0 Å². The first-order valence-corrected chi connectivity index (χ1v) is 13.3. The molecule has 2 unspecified atom stereocenters. The number of carbonyl (C=O) groups excluding carboxylic acids is 1. The summed E-state index contributed by atoms with van der Waals surface area (Å²) in [4.78, 5) is 19.6. The number of nitrogens with one attached hydrogen (secondary N) is 1. The molecule has 1 amide bonds. The van der Waals surface area contributed by atoms with Gasteiger partial charge in [0, 0.05) is 35.7 Å². The second-order valence-corrected chi connectivity index (χ2v) is 10.3. The van der Waals surface area contributed by atoms with E-state index in [1.165, 1.54) is 6.07 Å². The van der Waals surface area contributed by atoms with Gasteiger partial charge in [0.1, 0.15) is 23.8 Å². The maximum atomic E-state index is 14.0. The maximum Gasteiger partial charge on any atom is 0.251 e. The number of nitrogens with two attached hydrogens (primary N) is 1. The lowest BCUT2D eigenvalue weighted by atomic mass is 9.85. The first-order chi connectivity index (χ1) is 18.8. The summed E-state index contributed by atoms with van der Waals surface area (Å²) in [6.07, 6.45) is 0.531. The van der Waals surface area contributed by atoms with Crippen LogP contribution in [0.4, 0.5) is 21.6 Å². The number of amides is 1. The summed E-state index contributed by atoms with van der Waals surface area (Å²) in [5, 5.41) is 3.03. The van der Waals surface area contributed by atoms with Gasteiger partial charge in [-0.25, -0.2) is 9.37 Å². The molecule has 2 aliphatic heterocycles. The number of carbonyl (C=O) groups is 1. The Labute approximate surface area is 227 Å². The van der Waals surface area contributed by atoms with Crippen LogP contribution >= 0.6 is 0 Å². The fourth-order valence-electron chi connectivity index (χ4n) is 5.84. The highest BCUT2D eigenvalue weighted by Gasteiger charge is 2.43. The number of aryl methyl sites for hydroxylation is 2. The van der Waals surface area contributed by atoms with Crippen molar-refractivity contribution in [1.29, 1.82) is 0 Å². The summed E-state index contributed by atoms with van der Waals surface area (Å²) >= 11 is 0. The molecule has 3 aromatic carbocycles. The second-order valence-electron chi connectivity index (χ2n) is 10.3. The van der Waals surface area contributed by atoms with E-state index in [9.17, 15) is 9.18 Å². The van der Waals surface area contributed by atoms with Crippen LogP contribution in [0, 0.1) is 19.7 Å². The third kappa shape index (κ3) is 4.42. The Morgan fingerprint density at radius 3 is 2.44 bits per heavy atom. The number of hydrogen-bond donors (Lipinski definition) is 2. The predicted octanol–water partition coefficient (Wildman–Crippen LogP) is 6.42. The van der Waals surface area contributed by atoms with Gasteiger partial charge < -0.3 is 20.7 Å². The van der Waals surface area contributed by atoms with Gasteiger partial charge in [0.25, 0.3) is 5.91 Å². The van der Waals surface area contributed by atoms with Crippen LogP contribution in [-0.4, -0.2) is 17.4 Å². The second kappa shape index (κ2) is 9.82. The third-order valence-electron chi connectivity index (χ3n) is 7.70. The van der Waals surface area contributed by atoms with E-state index in [0.717, 1.165) is 63.4 Å². The molecule has 6 nitrogen and oxygen atoms in total. The molecule has 39 heavy (non-hydrogen) atoms. The van der Waals surface area contributed by atoms with E-state index in [0.29, 0.717) is 17.9 Å². The highest BCUT2D eigenvalue weighted by Crippen LogP contribution is 2.55. The van der Waals surface area contributed by atoms with Crippen LogP contribution in [0.25, 0.3) is 0 Å². The van der Waals surface area contributed by atoms with Crippen molar-refractivity contribution in [3.8, 4) is 0 Å². The topological polar surface area (TPSA) is 80.5 Å². The fourth-order valence-corrected chi connectivity index (χ4v) is 5.84. The molecule has 7 heteroatoms. The molecule has 6 rings (SSSR count). The first kappa shape index (κ1) is 25.1. The van der Waals surface area contributed by atoms with Crippen molar-refractivity contribution in [3.05, 3.63) is 117 Å². The fraction of sp³-hybridized carbons (Fsp3) is 0.250. The lowest BCUT2D eigenvalue weighted by Gasteiger charge is -2.26. The van der Waals surface area contributed by atoms with Gasteiger partial charge in [-0.05, 0) is 102 Å². The molecular weight excluding hydrogens is 491 g/mol. The molecule has 2 atom stereocenters. The van der Waals surface area contributed by atoms with Gasteiger partial charge in [-0.15, -0.1) is 0 Å². The van der Waals surface area contributed by atoms with Crippen molar-refractivity contribution in [1.82, 2.24) is 10.3 Å². The quantitative estimate of drug-likeness (QED) is 0.293. The summed E-state index contributed by atoms with van der Waals surface area (Å²) in [6.45, 7) is 7.12. The summed E-state index contributed by atoms with van der Waals surface area (Å²) in [5.74, 6) is 0.0752. The number of nitrogens with zero attached hydrogens (tertiary/aromatic N) is 2. The molecule has 0 radical (unpaired) electrons. The van der Waals surface area contributed by atoms with Crippen molar-refractivity contribution in [2.45, 2.75) is 45.9 Å². The number of halogens is 1. The highest BCUT2D eigenvalue weighted by atomic mass is 19.1. The summed E-state index contributed by atoms with van der Waals surface area (Å²) in [6, 6.07) is 20.7. The van der Waals surface area contributed by atoms with Gasteiger partial charge in [-0.2, -0.15) is 0 Å². The molecule has 3 heterocycles. The van der Waals surface area contributed by atoms with E-state index < -0.39 is 0 Å². The zero-order valence-corrected chi connectivity index (χ0v) is 22.3. The molecule has 0 saturated carbocycles. The Morgan fingerprint density at radius 2 is 1.69 bits per heavy atom. The Morgan fingerprint density at radius 1 is 0.974 bits per heavy atom. The zero-order chi connectivity index (χ0) is 27.3.